The summed E-state index contributed by atoms with van der Waals surface area (Å²) < 4.78 is 0. The summed E-state index contributed by atoms with van der Waals surface area (Å²) in [5.41, 5.74) is 4.33. The molecule has 1 saturated heterocycles. The third-order valence-corrected chi connectivity index (χ3v) is 5.01. The lowest BCUT2D eigenvalue weighted by Crippen LogP contribution is -2.48. The zero-order chi connectivity index (χ0) is 14.7. The first-order valence-corrected chi connectivity index (χ1v) is 8.32. The standard InChI is InChI=1S/C17H20N2OS/c1-17(14-5-3-2-4-6-14)9-7-16(20)19(12-17)10-8-15-11-21-13-18-15/h2-6,11,13H,7-10,12H2,1H3. The van der Waals surface area contributed by atoms with Crippen LogP contribution in [-0.2, 0) is 16.6 Å². The van der Waals surface area contributed by atoms with Crippen LogP contribution < -0.4 is 0 Å². The molecule has 1 aromatic heterocycles. The molecular weight excluding hydrogens is 280 g/mol. The molecule has 0 radical (unpaired) electrons. The quantitative estimate of drug-likeness (QED) is 0.868. The fourth-order valence-corrected chi connectivity index (χ4v) is 3.61. The Labute approximate surface area is 129 Å². The molecule has 1 atom stereocenters. The van der Waals surface area contributed by atoms with Gasteiger partial charge in [-0.1, -0.05) is 37.3 Å². The molecule has 1 aliphatic heterocycles. The summed E-state index contributed by atoms with van der Waals surface area (Å²) in [6.07, 6.45) is 2.42. The largest absolute Gasteiger partial charge is 0.341 e. The minimum atomic E-state index is 0.0667. The van der Waals surface area contributed by atoms with E-state index >= 15 is 0 Å². The molecule has 21 heavy (non-hydrogen) atoms. The summed E-state index contributed by atoms with van der Waals surface area (Å²) in [5.74, 6) is 0.277. The number of likely N-dealkylation sites (tertiary alicyclic amines) is 1. The first-order chi connectivity index (χ1) is 10.2. The molecule has 3 rings (SSSR count). The number of amides is 1. The van der Waals surface area contributed by atoms with Crippen LogP contribution in [0.4, 0.5) is 0 Å². The maximum absolute atomic E-state index is 12.2. The number of rotatable bonds is 4. The van der Waals surface area contributed by atoms with Crippen LogP contribution in [0, 0.1) is 0 Å². The summed E-state index contributed by atoms with van der Waals surface area (Å²) in [4.78, 5) is 18.5. The van der Waals surface area contributed by atoms with E-state index in [1.165, 1.54) is 5.56 Å². The summed E-state index contributed by atoms with van der Waals surface area (Å²) in [7, 11) is 0. The average Bonchev–Trinajstić information content (AvgIpc) is 3.03. The van der Waals surface area contributed by atoms with E-state index in [-0.39, 0.29) is 11.3 Å². The molecule has 1 fully saturated rings. The molecule has 0 N–H and O–H groups in total. The average molecular weight is 300 g/mol. The Bertz CT molecular complexity index is 597. The maximum atomic E-state index is 12.2. The lowest BCUT2D eigenvalue weighted by molar-refractivity contribution is -0.135. The Hall–Kier alpha value is -1.68. The van der Waals surface area contributed by atoms with Crippen molar-refractivity contribution in [3.05, 3.63) is 52.5 Å². The van der Waals surface area contributed by atoms with Gasteiger partial charge in [-0.05, 0) is 12.0 Å². The first kappa shape index (κ1) is 14.3. The zero-order valence-corrected chi connectivity index (χ0v) is 13.1. The lowest BCUT2D eigenvalue weighted by atomic mass is 9.75. The molecule has 2 aromatic rings. The van der Waals surface area contributed by atoms with Crippen LogP contribution in [-0.4, -0.2) is 28.9 Å². The highest BCUT2D eigenvalue weighted by atomic mass is 32.1. The highest BCUT2D eigenvalue weighted by Gasteiger charge is 2.35. The molecule has 0 aliphatic carbocycles. The lowest BCUT2D eigenvalue weighted by Gasteiger charge is -2.40. The summed E-state index contributed by atoms with van der Waals surface area (Å²) in [6, 6.07) is 10.6. The zero-order valence-electron chi connectivity index (χ0n) is 12.3. The molecule has 0 spiro atoms. The molecular formula is C17H20N2OS. The molecule has 3 nitrogen and oxygen atoms in total. The van der Waals surface area contributed by atoms with E-state index in [2.05, 4.69) is 41.6 Å². The van der Waals surface area contributed by atoms with Crippen molar-refractivity contribution in [2.24, 2.45) is 0 Å². The van der Waals surface area contributed by atoms with Crippen LogP contribution >= 0.6 is 11.3 Å². The van der Waals surface area contributed by atoms with E-state index in [0.717, 1.165) is 31.6 Å². The number of carbonyl (C=O) groups excluding carboxylic acids is 1. The first-order valence-electron chi connectivity index (χ1n) is 7.38. The van der Waals surface area contributed by atoms with Crippen LogP contribution in [0.3, 0.4) is 0 Å². The maximum Gasteiger partial charge on any atom is 0.222 e. The van der Waals surface area contributed by atoms with E-state index < -0.39 is 0 Å². The fourth-order valence-electron chi connectivity index (χ4n) is 3.02. The van der Waals surface area contributed by atoms with Crippen molar-refractivity contribution in [3.8, 4) is 0 Å². The monoisotopic (exact) mass is 300 g/mol. The molecule has 0 saturated carbocycles. The molecule has 110 valence electrons. The van der Waals surface area contributed by atoms with Gasteiger partial charge in [0.15, 0.2) is 0 Å². The molecule has 4 heteroatoms. The number of aromatic nitrogens is 1. The van der Waals surface area contributed by atoms with E-state index in [9.17, 15) is 4.79 Å². The van der Waals surface area contributed by atoms with Crippen molar-refractivity contribution in [2.75, 3.05) is 13.1 Å². The highest BCUT2D eigenvalue weighted by molar-refractivity contribution is 7.07. The molecule has 0 bridgehead atoms. The Balaban J connectivity index is 1.71. The number of hydrogen-bond acceptors (Lipinski definition) is 3. The van der Waals surface area contributed by atoms with Gasteiger partial charge in [0.1, 0.15) is 0 Å². The van der Waals surface area contributed by atoms with Crippen LogP contribution in [0.1, 0.15) is 31.0 Å². The highest BCUT2D eigenvalue weighted by Crippen LogP contribution is 2.34. The van der Waals surface area contributed by atoms with Crippen molar-refractivity contribution >= 4 is 17.2 Å². The van der Waals surface area contributed by atoms with E-state index in [0.29, 0.717) is 6.42 Å². The number of nitrogens with zero attached hydrogens (tertiary/aromatic N) is 2. The smallest absolute Gasteiger partial charge is 0.222 e. The van der Waals surface area contributed by atoms with Crippen LogP contribution in [0.15, 0.2) is 41.2 Å². The van der Waals surface area contributed by atoms with E-state index in [1.54, 1.807) is 11.3 Å². The third-order valence-electron chi connectivity index (χ3n) is 4.38. The van der Waals surface area contributed by atoms with Crippen molar-refractivity contribution in [3.63, 3.8) is 0 Å². The van der Waals surface area contributed by atoms with E-state index in [1.807, 2.05) is 16.5 Å². The Kier molecular flexibility index (Phi) is 4.06. The second-order valence-corrected chi connectivity index (χ2v) is 6.69. The second-order valence-electron chi connectivity index (χ2n) is 5.97. The second kappa shape index (κ2) is 5.98. The SMILES string of the molecule is CC1(c2ccccc2)CCC(=O)N(CCc2cscn2)C1. The molecule has 1 aromatic carbocycles. The van der Waals surface area contributed by atoms with Crippen LogP contribution in [0.2, 0.25) is 0 Å². The Morgan fingerprint density at radius 2 is 2.14 bits per heavy atom. The van der Waals surface area contributed by atoms with Gasteiger partial charge in [-0.2, -0.15) is 0 Å². The molecule has 1 amide bonds. The Morgan fingerprint density at radius 3 is 2.86 bits per heavy atom. The minimum absolute atomic E-state index is 0.0667. The van der Waals surface area contributed by atoms with Gasteiger partial charge in [0.2, 0.25) is 5.91 Å². The molecule has 1 unspecified atom stereocenters. The Morgan fingerprint density at radius 1 is 1.33 bits per heavy atom. The van der Waals surface area contributed by atoms with Crippen LogP contribution in [0.25, 0.3) is 0 Å². The van der Waals surface area contributed by atoms with Gasteiger partial charge in [-0.25, -0.2) is 4.98 Å². The minimum Gasteiger partial charge on any atom is -0.341 e. The van der Waals surface area contributed by atoms with Crippen molar-refractivity contribution in [2.45, 2.75) is 31.6 Å². The predicted molar refractivity (Wildman–Crippen MR) is 85.4 cm³/mol. The molecule has 1 aliphatic rings. The topological polar surface area (TPSA) is 33.2 Å². The third kappa shape index (κ3) is 3.16. The summed E-state index contributed by atoms with van der Waals surface area (Å²) in [5, 5.41) is 2.06. The summed E-state index contributed by atoms with van der Waals surface area (Å²) >= 11 is 1.61. The van der Waals surface area contributed by atoms with Crippen molar-refractivity contribution in [1.82, 2.24) is 9.88 Å². The number of hydrogen-bond donors (Lipinski definition) is 0. The van der Waals surface area contributed by atoms with Gasteiger partial charge in [-0.3, -0.25) is 4.79 Å². The normalized spacial score (nSPS) is 22.5. The number of thiazole rings is 1. The van der Waals surface area contributed by atoms with E-state index in [4.69, 9.17) is 0 Å². The number of piperidine rings is 1. The summed E-state index contributed by atoms with van der Waals surface area (Å²) in [6.45, 7) is 3.84. The fraction of sp³-hybridized carbons (Fsp3) is 0.412. The van der Waals surface area contributed by atoms with Gasteiger partial charge in [0, 0.05) is 36.7 Å². The van der Waals surface area contributed by atoms with Gasteiger partial charge in [-0.15, -0.1) is 11.3 Å². The van der Waals surface area contributed by atoms with Crippen molar-refractivity contribution < 1.29 is 4.79 Å². The van der Waals surface area contributed by atoms with Gasteiger partial charge >= 0.3 is 0 Å². The number of benzene rings is 1. The van der Waals surface area contributed by atoms with Crippen molar-refractivity contribution in [1.29, 1.82) is 0 Å². The number of carbonyl (C=O) groups is 1. The van der Waals surface area contributed by atoms with Gasteiger partial charge in [0.25, 0.3) is 0 Å². The van der Waals surface area contributed by atoms with Crippen LogP contribution in [0.5, 0.6) is 0 Å². The molecule has 2 heterocycles. The van der Waals surface area contributed by atoms with Gasteiger partial charge < -0.3 is 4.90 Å². The predicted octanol–water partition coefficient (Wildman–Crippen LogP) is 3.27. The van der Waals surface area contributed by atoms with Gasteiger partial charge in [0.05, 0.1) is 11.2 Å².